The van der Waals surface area contributed by atoms with Crippen molar-refractivity contribution in [2.24, 2.45) is 16.7 Å². The Morgan fingerprint density at radius 3 is 2.34 bits per heavy atom. The molecule has 0 aromatic heterocycles. The van der Waals surface area contributed by atoms with Crippen LogP contribution in [0.4, 0.5) is 0 Å². The van der Waals surface area contributed by atoms with Gasteiger partial charge in [0.1, 0.15) is 11.9 Å². The molecule has 2 aliphatic rings. The van der Waals surface area contributed by atoms with Crippen LogP contribution in [0.15, 0.2) is 24.3 Å². The Bertz CT molecular complexity index is 927. The number of benzene rings is 1. The monoisotopic (exact) mass is 392 g/mol. The Kier molecular flexibility index (Phi) is 5.26. The normalized spacial score (nSPS) is 31.8. The summed E-state index contributed by atoms with van der Waals surface area (Å²) in [6.07, 6.45) is 0.465. The highest BCUT2D eigenvalue weighted by Crippen LogP contribution is 2.68. The molecule has 2 fully saturated rings. The van der Waals surface area contributed by atoms with Crippen LogP contribution in [0.1, 0.15) is 51.7 Å². The van der Waals surface area contributed by atoms with Gasteiger partial charge in [-0.3, -0.25) is 5.41 Å². The zero-order chi connectivity index (χ0) is 21.3. The van der Waals surface area contributed by atoms with Crippen LogP contribution in [0.5, 0.6) is 5.75 Å². The molecule has 0 saturated carbocycles. The predicted octanol–water partition coefficient (Wildman–Crippen LogP) is 4.23. The van der Waals surface area contributed by atoms with E-state index in [4.69, 9.17) is 19.6 Å². The second-order valence-corrected chi connectivity index (χ2v) is 7.37. The van der Waals surface area contributed by atoms with Crippen molar-refractivity contribution in [2.75, 3.05) is 6.61 Å². The second kappa shape index (κ2) is 7.39. The highest BCUT2D eigenvalue weighted by atomic mass is 16.7. The van der Waals surface area contributed by atoms with Gasteiger partial charge in [-0.2, -0.15) is 15.8 Å². The van der Waals surface area contributed by atoms with E-state index in [2.05, 4.69) is 18.2 Å². The summed E-state index contributed by atoms with van der Waals surface area (Å²) in [5.41, 5.74) is -3.19. The number of rotatable bonds is 6. The van der Waals surface area contributed by atoms with Gasteiger partial charge in [0.05, 0.1) is 30.7 Å². The van der Waals surface area contributed by atoms with E-state index in [0.717, 1.165) is 0 Å². The minimum Gasteiger partial charge on any atom is -0.493 e. The van der Waals surface area contributed by atoms with E-state index >= 15 is 0 Å². The first kappa shape index (κ1) is 20.6. The summed E-state index contributed by atoms with van der Waals surface area (Å²) in [7, 11) is 0. The Hall–Kier alpha value is -3.08. The summed E-state index contributed by atoms with van der Waals surface area (Å²) < 4.78 is 18.1. The maximum Gasteiger partial charge on any atom is 0.217 e. The highest BCUT2D eigenvalue weighted by Gasteiger charge is 2.79. The lowest BCUT2D eigenvalue weighted by atomic mass is 9.52. The summed E-state index contributed by atoms with van der Waals surface area (Å²) >= 11 is 0. The molecule has 1 aromatic rings. The van der Waals surface area contributed by atoms with Gasteiger partial charge < -0.3 is 14.2 Å². The molecule has 1 N–H and O–H groups in total. The maximum atomic E-state index is 10.3. The van der Waals surface area contributed by atoms with Gasteiger partial charge in [-0.15, -0.1) is 0 Å². The number of hydrogen-bond acceptors (Lipinski definition) is 7. The van der Waals surface area contributed by atoms with E-state index in [1.807, 2.05) is 20.8 Å². The molecule has 2 heterocycles. The molecule has 2 saturated heterocycles. The van der Waals surface area contributed by atoms with Gasteiger partial charge in [-0.25, -0.2) is 0 Å². The molecular formula is C22H24N4O3. The predicted molar refractivity (Wildman–Crippen MR) is 103 cm³/mol. The second-order valence-electron chi connectivity index (χ2n) is 7.37. The summed E-state index contributed by atoms with van der Waals surface area (Å²) in [6, 6.07) is 13.4. The fraction of sp³-hybridized carbons (Fsp3) is 0.545. The first-order valence-corrected chi connectivity index (χ1v) is 9.88. The van der Waals surface area contributed by atoms with Crippen LogP contribution in [-0.4, -0.2) is 18.3 Å². The number of hydrogen-bond donors (Lipinski definition) is 1. The fourth-order valence-corrected chi connectivity index (χ4v) is 4.93. The zero-order valence-corrected chi connectivity index (χ0v) is 16.9. The van der Waals surface area contributed by atoms with Crippen molar-refractivity contribution in [1.29, 1.82) is 21.2 Å². The minimum absolute atomic E-state index is 0.361. The zero-order valence-electron chi connectivity index (χ0n) is 16.9. The van der Waals surface area contributed by atoms with E-state index in [0.29, 0.717) is 37.2 Å². The van der Waals surface area contributed by atoms with Crippen LogP contribution in [0, 0.1) is 56.2 Å². The topological polar surface area (TPSA) is 123 Å². The average molecular weight is 392 g/mol. The van der Waals surface area contributed by atoms with E-state index in [9.17, 15) is 15.8 Å². The summed E-state index contributed by atoms with van der Waals surface area (Å²) in [5, 5.41) is 39.4. The molecule has 0 radical (unpaired) electrons. The third-order valence-electron chi connectivity index (χ3n) is 6.06. The third-order valence-corrected chi connectivity index (χ3v) is 6.06. The van der Waals surface area contributed by atoms with Crippen molar-refractivity contribution in [3.05, 3.63) is 29.8 Å². The molecule has 0 spiro atoms. The summed E-state index contributed by atoms with van der Waals surface area (Å²) in [4.78, 5) is 0. The molecule has 3 rings (SSSR count). The SMILES string of the molecule is CCCC12OC(=N)C(C#N)(C1CC)C(C#N)(C#N)C(c1ccccc1OCC)O2. The van der Waals surface area contributed by atoms with Gasteiger partial charge in [-0.1, -0.05) is 32.0 Å². The average Bonchev–Trinajstić information content (AvgIpc) is 2.92. The van der Waals surface area contributed by atoms with Crippen molar-refractivity contribution in [3.63, 3.8) is 0 Å². The van der Waals surface area contributed by atoms with Crippen molar-refractivity contribution in [1.82, 2.24) is 0 Å². The van der Waals surface area contributed by atoms with Crippen molar-refractivity contribution in [3.8, 4) is 24.0 Å². The highest BCUT2D eigenvalue weighted by molar-refractivity contribution is 5.89. The standard InChI is InChI=1S/C22H24N4O3/c1-4-11-22-17(5-2)21(14-25,19(26)29-22)20(12-23,13-24)18(28-22)15-9-7-8-10-16(15)27-6-3/h7-10,17-18,26H,4-6,11H2,1-3H3. The van der Waals surface area contributed by atoms with E-state index in [1.165, 1.54) is 0 Å². The lowest BCUT2D eigenvalue weighted by Crippen LogP contribution is -2.59. The van der Waals surface area contributed by atoms with Crippen LogP contribution in [-0.2, 0) is 9.47 Å². The molecular weight excluding hydrogens is 368 g/mol. The Balaban J connectivity index is 2.35. The third kappa shape index (κ3) is 2.46. The maximum absolute atomic E-state index is 10.3. The van der Waals surface area contributed by atoms with Crippen molar-refractivity contribution in [2.45, 2.75) is 51.9 Å². The van der Waals surface area contributed by atoms with Gasteiger partial charge in [0.2, 0.25) is 17.1 Å². The van der Waals surface area contributed by atoms with Crippen molar-refractivity contribution >= 4 is 5.90 Å². The Morgan fingerprint density at radius 2 is 1.79 bits per heavy atom. The molecule has 0 amide bonds. The van der Waals surface area contributed by atoms with Gasteiger partial charge in [0, 0.05) is 12.0 Å². The van der Waals surface area contributed by atoms with Crippen LogP contribution < -0.4 is 4.74 Å². The Labute approximate surface area is 170 Å². The van der Waals surface area contributed by atoms with Gasteiger partial charge in [-0.05, 0) is 25.8 Å². The summed E-state index contributed by atoms with van der Waals surface area (Å²) in [6.45, 7) is 6.05. The molecule has 2 bridgehead atoms. The lowest BCUT2D eigenvalue weighted by Gasteiger charge is -2.49. The molecule has 1 aromatic carbocycles. The molecule has 4 atom stereocenters. The van der Waals surface area contributed by atoms with Gasteiger partial charge >= 0.3 is 0 Å². The number of nitriles is 3. The molecule has 150 valence electrons. The molecule has 2 aliphatic heterocycles. The van der Waals surface area contributed by atoms with E-state index < -0.39 is 28.6 Å². The van der Waals surface area contributed by atoms with Gasteiger partial charge in [0.15, 0.2) is 5.41 Å². The minimum atomic E-state index is -1.96. The number of ether oxygens (including phenoxy) is 3. The number of para-hydroxylation sites is 1. The first-order chi connectivity index (χ1) is 14.0. The molecule has 4 unspecified atom stereocenters. The lowest BCUT2D eigenvalue weighted by molar-refractivity contribution is -0.286. The number of fused-ring (bicyclic) bond motifs is 2. The smallest absolute Gasteiger partial charge is 0.217 e. The molecule has 29 heavy (non-hydrogen) atoms. The molecule has 7 heteroatoms. The molecule has 7 nitrogen and oxygen atoms in total. The van der Waals surface area contributed by atoms with Crippen LogP contribution in [0.25, 0.3) is 0 Å². The largest absolute Gasteiger partial charge is 0.493 e. The number of nitrogens with one attached hydrogen (secondary N) is 1. The van der Waals surface area contributed by atoms with Gasteiger partial charge in [0.25, 0.3) is 0 Å². The Morgan fingerprint density at radius 1 is 1.10 bits per heavy atom. The quantitative estimate of drug-likeness (QED) is 0.773. The summed E-state index contributed by atoms with van der Waals surface area (Å²) in [5.74, 6) is -1.73. The fourth-order valence-electron chi connectivity index (χ4n) is 4.93. The van der Waals surface area contributed by atoms with E-state index in [-0.39, 0.29) is 5.90 Å². The van der Waals surface area contributed by atoms with Crippen molar-refractivity contribution < 1.29 is 14.2 Å². The van der Waals surface area contributed by atoms with Crippen LogP contribution in [0.2, 0.25) is 0 Å². The first-order valence-electron chi connectivity index (χ1n) is 9.88. The van der Waals surface area contributed by atoms with E-state index in [1.54, 1.807) is 24.3 Å². The van der Waals surface area contributed by atoms with Crippen LogP contribution >= 0.6 is 0 Å². The molecule has 0 aliphatic carbocycles. The van der Waals surface area contributed by atoms with Crippen LogP contribution in [0.3, 0.4) is 0 Å². The number of nitrogens with zero attached hydrogens (tertiary/aromatic N) is 3.